The van der Waals surface area contributed by atoms with Crippen molar-refractivity contribution in [1.29, 1.82) is 0 Å². The van der Waals surface area contributed by atoms with Gasteiger partial charge in [-0.2, -0.15) is 0 Å². The van der Waals surface area contributed by atoms with Gasteiger partial charge in [0.25, 0.3) is 9.05 Å². The molecule has 1 heterocycles. The molecule has 0 saturated carbocycles. The Hall–Kier alpha value is -1.47. The molecule has 0 aromatic heterocycles. The van der Waals surface area contributed by atoms with Crippen molar-refractivity contribution in [1.82, 2.24) is 10.2 Å². The summed E-state index contributed by atoms with van der Waals surface area (Å²) >= 11 is 0. The number of rotatable bonds is 5. The molecule has 116 valence electrons. The summed E-state index contributed by atoms with van der Waals surface area (Å²) in [6.45, 7) is 5.62. The molecule has 0 spiro atoms. The zero-order chi connectivity index (χ0) is 15.6. The van der Waals surface area contributed by atoms with Gasteiger partial charge >= 0.3 is 6.03 Å². The van der Waals surface area contributed by atoms with Crippen LogP contribution in [0.25, 0.3) is 0 Å². The van der Waals surface area contributed by atoms with Crippen LogP contribution in [0.4, 0.5) is 4.79 Å². The Labute approximate surface area is 128 Å². The van der Waals surface area contributed by atoms with Crippen LogP contribution in [0.1, 0.15) is 11.1 Å². The number of nitrogens with one attached hydrogen (secondary N) is 1. The van der Waals surface area contributed by atoms with Crippen molar-refractivity contribution in [3.05, 3.63) is 23.3 Å². The molecule has 0 bridgehead atoms. The fourth-order valence-corrected chi connectivity index (χ4v) is 3.43. The molecule has 0 atom stereocenters. The third-order valence-corrected chi connectivity index (χ3v) is 4.98. The highest BCUT2D eigenvalue weighted by Gasteiger charge is 2.20. The molecule has 1 aliphatic heterocycles. The molecule has 8 heteroatoms. The van der Waals surface area contributed by atoms with Gasteiger partial charge in [0.15, 0.2) is 0 Å². The first-order chi connectivity index (χ1) is 9.80. The van der Waals surface area contributed by atoms with E-state index in [1.807, 2.05) is 0 Å². The van der Waals surface area contributed by atoms with E-state index in [1.54, 1.807) is 24.8 Å². The number of hydrogen-bond acceptors (Lipinski definition) is 4. The van der Waals surface area contributed by atoms with Gasteiger partial charge in [0, 0.05) is 23.8 Å². The minimum Gasteiger partial charge on any atom is -0.491 e. The number of nitrogens with zero attached hydrogens (tertiary/aromatic N) is 1. The average Bonchev–Trinajstić information content (AvgIpc) is 2.79. The number of hydrogen-bond donors (Lipinski definition) is 1. The lowest BCUT2D eigenvalue weighted by atomic mass is 10.1. The summed E-state index contributed by atoms with van der Waals surface area (Å²) in [6, 6.07) is 2.93. The van der Waals surface area contributed by atoms with E-state index in [2.05, 4.69) is 5.32 Å². The number of carbonyl (C=O) groups excluding carboxylic acids is 1. The zero-order valence-corrected chi connectivity index (χ0v) is 13.4. The van der Waals surface area contributed by atoms with Gasteiger partial charge in [-0.3, -0.25) is 0 Å². The van der Waals surface area contributed by atoms with E-state index in [1.165, 1.54) is 6.07 Å². The highest BCUT2D eigenvalue weighted by atomic mass is 35.7. The predicted octanol–water partition coefficient (Wildman–Crippen LogP) is 1.63. The smallest absolute Gasteiger partial charge is 0.317 e. The second-order valence-electron chi connectivity index (χ2n) is 4.82. The quantitative estimate of drug-likeness (QED) is 0.832. The minimum atomic E-state index is -3.76. The summed E-state index contributed by atoms with van der Waals surface area (Å²) in [5.41, 5.74) is 1.30. The van der Waals surface area contributed by atoms with E-state index in [0.29, 0.717) is 37.6 Å². The number of halogens is 1. The third kappa shape index (κ3) is 3.59. The lowest BCUT2D eigenvalue weighted by molar-refractivity contribution is 0.202. The second kappa shape index (κ2) is 6.11. The fourth-order valence-electron chi connectivity index (χ4n) is 2.18. The maximum Gasteiger partial charge on any atom is 0.317 e. The molecule has 2 rings (SSSR count). The highest BCUT2D eigenvalue weighted by molar-refractivity contribution is 8.13. The van der Waals surface area contributed by atoms with E-state index < -0.39 is 9.05 Å². The number of urea groups is 1. The molecule has 1 saturated heterocycles. The van der Waals surface area contributed by atoms with Crippen molar-refractivity contribution in [2.45, 2.75) is 18.7 Å². The summed E-state index contributed by atoms with van der Waals surface area (Å²) in [4.78, 5) is 13.1. The van der Waals surface area contributed by atoms with E-state index in [4.69, 9.17) is 15.4 Å². The Morgan fingerprint density at radius 2 is 2.05 bits per heavy atom. The maximum absolute atomic E-state index is 11.4. The van der Waals surface area contributed by atoms with Crippen molar-refractivity contribution in [2.24, 2.45) is 0 Å². The molecule has 0 radical (unpaired) electrons. The van der Waals surface area contributed by atoms with Gasteiger partial charge in [0.2, 0.25) is 0 Å². The van der Waals surface area contributed by atoms with Crippen LogP contribution >= 0.6 is 10.7 Å². The number of benzene rings is 1. The predicted molar refractivity (Wildman–Crippen MR) is 79.4 cm³/mol. The van der Waals surface area contributed by atoms with E-state index in [0.717, 1.165) is 5.56 Å². The van der Waals surface area contributed by atoms with Crippen molar-refractivity contribution < 1.29 is 17.9 Å². The molecule has 21 heavy (non-hydrogen) atoms. The SMILES string of the molecule is Cc1c(OCCN2CCNC2=O)ccc(S(=O)(=O)Cl)c1C. The molecule has 0 unspecified atom stereocenters. The lowest BCUT2D eigenvalue weighted by Crippen LogP contribution is -2.31. The van der Waals surface area contributed by atoms with Gasteiger partial charge in [-0.15, -0.1) is 0 Å². The van der Waals surface area contributed by atoms with Gasteiger partial charge in [0.05, 0.1) is 11.4 Å². The van der Waals surface area contributed by atoms with Gasteiger partial charge < -0.3 is 15.0 Å². The summed E-state index contributed by atoms with van der Waals surface area (Å²) in [6.07, 6.45) is 0. The third-order valence-electron chi connectivity index (χ3n) is 3.51. The standard InChI is InChI=1S/C13H17ClN2O4S/c1-9-10(2)12(21(14,18)19)4-3-11(9)20-8-7-16-6-5-15-13(16)17/h3-4H,5-8H2,1-2H3,(H,15,17). The molecular weight excluding hydrogens is 316 g/mol. The molecule has 0 aliphatic carbocycles. The van der Waals surface area contributed by atoms with Gasteiger partial charge in [-0.1, -0.05) is 0 Å². The molecule has 1 N–H and O–H groups in total. The van der Waals surface area contributed by atoms with Crippen LogP contribution in [0, 0.1) is 13.8 Å². The molecule has 2 amide bonds. The second-order valence-corrected chi connectivity index (χ2v) is 7.35. The summed E-state index contributed by atoms with van der Waals surface area (Å²) in [5.74, 6) is 0.594. The number of amides is 2. The van der Waals surface area contributed by atoms with Crippen LogP contribution in [-0.4, -0.2) is 45.6 Å². The van der Waals surface area contributed by atoms with Crippen LogP contribution in [0.15, 0.2) is 17.0 Å². The van der Waals surface area contributed by atoms with Crippen LogP contribution < -0.4 is 10.1 Å². The van der Waals surface area contributed by atoms with Crippen molar-refractivity contribution in [3.8, 4) is 5.75 Å². The number of ether oxygens (including phenoxy) is 1. The van der Waals surface area contributed by atoms with Crippen molar-refractivity contribution in [2.75, 3.05) is 26.2 Å². The lowest BCUT2D eigenvalue weighted by Gasteiger charge is -2.16. The first-order valence-corrected chi connectivity index (χ1v) is 8.82. The normalized spacial score (nSPS) is 15.2. The van der Waals surface area contributed by atoms with Crippen LogP contribution in [0.3, 0.4) is 0 Å². The van der Waals surface area contributed by atoms with Gasteiger partial charge in [0.1, 0.15) is 12.4 Å². The highest BCUT2D eigenvalue weighted by Crippen LogP contribution is 2.28. The Bertz CT molecular complexity index is 660. The van der Waals surface area contributed by atoms with Crippen LogP contribution in [0.2, 0.25) is 0 Å². The topological polar surface area (TPSA) is 75.7 Å². The van der Waals surface area contributed by atoms with E-state index in [-0.39, 0.29) is 10.9 Å². The largest absolute Gasteiger partial charge is 0.491 e. The molecule has 1 aliphatic rings. The van der Waals surface area contributed by atoms with Crippen molar-refractivity contribution in [3.63, 3.8) is 0 Å². The van der Waals surface area contributed by atoms with E-state index >= 15 is 0 Å². The van der Waals surface area contributed by atoms with Crippen molar-refractivity contribution >= 4 is 25.8 Å². The van der Waals surface area contributed by atoms with Gasteiger partial charge in [-0.05, 0) is 37.1 Å². The Morgan fingerprint density at radius 1 is 1.33 bits per heavy atom. The molecule has 6 nitrogen and oxygen atoms in total. The zero-order valence-electron chi connectivity index (χ0n) is 11.8. The minimum absolute atomic E-state index is 0.0879. The van der Waals surface area contributed by atoms with Gasteiger partial charge in [-0.25, -0.2) is 13.2 Å². The summed E-state index contributed by atoms with van der Waals surface area (Å²) < 4.78 is 28.5. The van der Waals surface area contributed by atoms with Crippen LogP contribution in [-0.2, 0) is 9.05 Å². The average molecular weight is 333 g/mol. The monoisotopic (exact) mass is 332 g/mol. The Kier molecular flexibility index (Phi) is 4.63. The van der Waals surface area contributed by atoms with Crippen LogP contribution in [0.5, 0.6) is 5.75 Å². The Morgan fingerprint density at radius 3 is 2.62 bits per heavy atom. The van der Waals surface area contributed by atoms with E-state index in [9.17, 15) is 13.2 Å². The first kappa shape index (κ1) is 15.9. The fraction of sp³-hybridized carbons (Fsp3) is 0.462. The summed E-state index contributed by atoms with van der Waals surface area (Å²) in [5, 5.41) is 2.71. The Balaban J connectivity index is 2.04. The summed E-state index contributed by atoms with van der Waals surface area (Å²) in [7, 11) is 1.62. The molecule has 1 fully saturated rings. The molecule has 1 aromatic rings. The first-order valence-electron chi connectivity index (χ1n) is 6.51. The number of carbonyl (C=O) groups is 1. The maximum atomic E-state index is 11.4. The molecular formula is C13H17ClN2O4S. The molecule has 1 aromatic carbocycles.